The first-order chi connectivity index (χ1) is 4.65. The molecule has 1 heterocycles. The summed E-state index contributed by atoms with van der Waals surface area (Å²) in [6.45, 7) is 0.922. The number of carbonyl (C=O) groups is 1. The molecule has 2 N–H and O–H groups in total. The van der Waals surface area contributed by atoms with Crippen molar-refractivity contribution in [2.45, 2.75) is 18.5 Å². The van der Waals surface area contributed by atoms with Crippen LogP contribution in [0.25, 0.3) is 0 Å². The van der Waals surface area contributed by atoms with Gasteiger partial charge in [0.25, 0.3) is 0 Å². The van der Waals surface area contributed by atoms with Crippen molar-refractivity contribution >= 4 is 18.4 Å². The summed E-state index contributed by atoms with van der Waals surface area (Å²) in [5, 5.41) is 11.3. The van der Waals surface area contributed by atoms with Gasteiger partial charge in [0, 0.05) is 12.8 Å². The Morgan fingerprint density at radius 3 is 2.18 bits per heavy atom. The Kier molecular flexibility index (Phi) is 3.75. The van der Waals surface area contributed by atoms with Crippen LogP contribution in [0.2, 0.25) is 0 Å². The van der Waals surface area contributed by atoms with E-state index in [0.29, 0.717) is 13.1 Å². The molecular formula is C6H11ClFNO2. The predicted octanol–water partition coefficient (Wildman–Crippen LogP) is 0.585. The van der Waals surface area contributed by atoms with Crippen LogP contribution in [0.15, 0.2) is 0 Å². The van der Waals surface area contributed by atoms with E-state index in [1.54, 1.807) is 0 Å². The van der Waals surface area contributed by atoms with E-state index < -0.39 is 11.6 Å². The zero-order valence-corrected chi connectivity index (χ0v) is 6.79. The highest BCUT2D eigenvalue weighted by Crippen LogP contribution is 2.22. The maximum atomic E-state index is 13.1. The molecule has 0 saturated carbocycles. The number of rotatable bonds is 1. The van der Waals surface area contributed by atoms with E-state index in [9.17, 15) is 9.18 Å². The van der Waals surface area contributed by atoms with E-state index in [0.717, 1.165) is 0 Å². The van der Waals surface area contributed by atoms with Crippen molar-refractivity contribution < 1.29 is 14.3 Å². The average molecular weight is 184 g/mol. The van der Waals surface area contributed by atoms with E-state index in [4.69, 9.17) is 5.11 Å². The van der Waals surface area contributed by atoms with Crippen molar-refractivity contribution in [1.29, 1.82) is 0 Å². The smallest absolute Gasteiger partial charge is 0.341 e. The van der Waals surface area contributed by atoms with E-state index >= 15 is 0 Å². The SMILES string of the molecule is Cl.O=C(O)C1(F)CCNCC1. The largest absolute Gasteiger partial charge is 0.479 e. The molecule has 0 amide bonds. The molecule has 5 heteroatoms. The zero-order chi connectivity index (χ0) is 7.61. The molecule has 3 nitrogen and oxygen atoms in total. The van der Waals surface area contributed by atoms with Crippen molar-refractivity contribution in [3.05, 3.63) is 0 Å². The molecule has 0 unspecified atom stereocenters. The summed E-state index contributed by atoms with van der Waals surface area (Å²) >= 11 is 0. The number of carboxylic acid groups (broad SMARTS) is 1. The molecular weight excluding hydrogens is 173 g/mol. The molecule has 0 atom stereocenters. The first-order valence-corrected chi connectivity index (χ1v) is 3.28. The topological polar surface area (TPSA) is 49.3 Å². The molecule has 0 aromatic carbocycles. The van der Waals surface area contributed by atoms with Crippen LogP contribution in [-0.2, 0) is 4.79 Å². The van der Waals surface area contributed by atoms with Gasteiger partial charge < -0.3 is 10.4 Å². The number of nitrogens with one attached hydrogen (secondary N) is 1. The van der Waals surface area contributed by atoms with Crippen LogP contribution < -0.4 is 5.32 Å². The summed E-state index contributed by atoms with van der Waals surface area (Å²) in [5.74, 6) is -1.32. The molecule has 0 aromatic rings. The normalized spacial score (nSPS) is 21.9. The molecule has 0 radical (unpaired) electrons. The minimum atomic E-state index is -1.97. The highest BCUT2D eigenvalue weighted by atomic mass is 35.5. The van der Waals surface area contributed by atoms with Crippen LogP contribution in [0.4, 0.5) is 4.39 Å². The second-order valence-electron chi connectivity index (χ2n) is 2.52. The Balaban J connectivity index is 0.000001000. The highest BCUT2D eigenvalue weighted by Gasteiger charge is 2.39. The summed E-state index contributed by atoms with van der Waals surface area (Å²) < 4.78 is 13.1. The molecule has 0 aliphatic carbocycles. The second kappa shape index (κ2) is 3.88. The van der Waals surface area contributed by atoms with Gasteiger partial charge in [0.1, 0.15) is 0 Å². The van der Waals surface area contributed by atoms with Crippen LogP contribution >= 0.6 is 12.4 Å². The van der Waals surface area contributed by atoms with Gasteiger partial charge in [0.05, 0.1) is 0 Å². The van der Waals surface area contributed by atoms with E-state index in [1.165, 1.54) is 0 Å². The summed E-state index contributed by atoms with van der Waals surface area (Å²) in [5.41, 5.74) is -1.97. The van der Waals surface area contributed by atoms with Gasteiger partial charge in [-0.15, -0.1) is 12.4 Å². The number of hydrogen-bond acceptors (Lipinski definition) is 2. The van der Waals surface area contributed by atoms with Crippen molar-refractivity contribution in [2.75, 3.05) is 13.1 Å². The van der Waals surface area contributed by atoms with Crippen LogP contribution in [0.1, 0.15) is 12.8 Å². The molecule has 1 saturated heterocycles. The van der Waals surface area contributed by atoms with Gasteiger partial charge >= 0.3 is 5.97 Å². The van der Waals surface area contributed by atoms with Crippen LogP contribution in [0.5, 0.6) is 0 Å². The van der Waals surface area contributed by atoms with Crippen molar-refractivity contribution in [2.24, 2.45) is 0 Å². The number of hydrogen-bond donors (Lipinski definition) is 2. The summed E-state index contributed by atoms with van der Waals surface area (Å²) in [7, 11) is 0. The van der Waals surface area contributed by atoms with Gasteiger partial charge in [-0.25, -0.2) is 9.18 Å². The van der Waals surface area contributed by atoms with E-state index in [-0.39, 0.29) is 25.2 Å². The quantitative estimate of drug-likeness (QED) is 0.626. The van der Waals surface area contributed by atoms with Gasteiger partial charge in [-0.2, -0.15) is 0 Å². The molecule has 1 rings (SSSR count). The van der Waals surface area contributed by atoms with Crippen LogP contribution in [0, 0.1) is 0 Å². The third kappa shape index (κ3) is 2.31. The van der Waals surface area contributed by atoms with Gasteiger partial charge in [-0.1, -0.05) is 0 Å². The lowest BCUT2D eigenvalue weighted by Crippen LogP contribution is -2.44. The number of alkyl halides is 1. The van der Waals surface area contributed by atoms with Crippen molar-refractivity contribution in [3.8, 4) is 0 Å². The lowest BCUT2D eigenvalue weighted by molar-refractivity contribution is -0.152. The standard InChI is InChI=1S/C6H10FNO2.ClH/c7-6(5(9)10)1-3-8-4-2-6;/h8H,1-4H2,(H,9,10);1H. The fraction of sp³-hybridized carbons (Fsp3) is 0.833. The van der Waals surface area contributed by atoms with Crippen molar-refractivity contribution in [1.82, 2.24) is 5.32 Å². The Bertz CT molecular complexity index is 148. The first-order valence-electron chi connectivity index (χ1n) is 3.28. The first kappa shape index (κ1) is 10.7. The molecule has 0 bridgehead atoms. The molecule has 1 aliphatic rings. The average Bonchev–Trinajstić information content (AvgIpc) is 1.89. The van der Waals surface area contributed by atoms with Gasteiger partial charge in [0.2, 0.25) is 5.67 Å². The third-order valence-electron chi connectivity index (χ3n) is 1.78. The summed E-state index contributed by atoms with van der Waals surface area (Å²) in [6, 6.07) is 0. The Labute approximate surface area is 70.4 Å². The van der Waals surface area contributed by atoms with Crippen LogP contribution in [-0.4, -0.2) is 29.8 Å². The molecule has 0 aromatic heterocycles. The van der Waals surface area contributed by atoms with E-state index in [1.807, 2.05) is 0 Å². The highest BCUT2D eigenvalue weighted by molar-refractivity contribution is 5.85. The van der Waals surface area contributed by atoms with Gasteiger partial charge in [-0.05, 0) is 13.1 Å². The fourth-order valence-electron chi connectivity index (χ4n) is 1.04. The minimum Gasteiger partial charge on any atom is -0.479 e. The lowest BCUT2D eigenvalue weighted by atomic mass is 9.95. The number of halogens is 2. The van der Waals surface area contributed by atoms with Crippen LogP contribution in [0.3, 0.4) is 0 Å². The lowest BCUT2D eigenvalue weighted by Gasteiger charge is -2.25. The minimum absolute atomic E-state index is 0. The number of carboxylic acids is 1. The van der Waals surface area contributed by atoms with Gasteiger partial charge in [0.15, 0.2) is 0 Å². The Morgan fingerprint density at radius 1 is 1.45 bits per heavy atom. The molecule has 11 heavy (non-hydrogen) atoms. The monoisotopic (exact) mass is 183 g/mol. The summed E-state index contributed by atoms with van der Waals surface area (Å²) in [4.78, 5) is 10.3. The molecule has 0 spiro atoms. The molecule has 1 aliphatic heterocycles. The zero-order valence-electron chi connectivity index (χ0n) is 5.97. The number of piperidine rings is 1. The number of aliphatic carboxylic acids is 1. The third-order valence-corrected chi connectivity index (χ3v) is 1.78. The van der Waals surface area contributed by atoms with Crippen molar-refractivity contribution in [3.63, 3.8) is 0 Å². The predicted molar refractivity (Wildman–Crippen MR) is 40.8 cm³/mol. The van der Waals surface area contributed by atoms with E-state index in [2.05, 4.69) is 5.32 Å². The Morgan fingerprint density at radius 2 is 1.91 bits per heavy atom. The maximum absolute atomic E-state index is 13.1. The van der Waals surface area contributed by atoms with Gasteiger partial charge in [-0.3, -0.25) is 0 Å². The summed E-state index contributed by atoms with van der Waals surface area (Å²) in [6.07, 6.45) is 0.171. The molecule has 66 valence electrons. The fourth-order valence-corrected chi connectivity index (χ4v) is 1.04. The second-order valence-corrected chi connectivity index (χ2v) is 2.52. The molecule has 1 fully saturated rings. The maximum Gasteiger partial charge on any atom is 0.341 e. The Hall–Kier alpha value is -0.350.